The lowest BCUT2D eigenvalue weighted by molar-refractivity contribution is -0.0367. The zero-order chi connectivity index (χ0) is 25.4. The topological polar surface area (TPSA) is 90.3 Å². The van der Waals surface area contributed by atoms with E-state index in [-0.39, 0.29) is 46.8 Å². The molecule has 2 heterocycles. The molecule has 1 N–H and O–H groups in total. The molecule has 36 heavy (non-hydrogen) atoms. The fraction of sp³-hybridized carbons (Fsp3) is 0.462. The van der Waals surface area contributed by atoms with E-state index in [4.69, 9.17) is 4.74 Å². The van der Waals surface area contributed by atoms with E-state index in [1.54, 1.807) is 23.9 Å². The third-order valence-corrected chi connectivity index (χ3v) is 8.91. The predicted octanol–water partition coefficient (Wildman–Crippen LogP) is 4.15. The van der Waals surface area contributed by atoms with Crippen LogP contribution >= 0.6 is 0 Å². The van der Waals surface area contributed by atoms with Gasteiger partial charge in [0.25, 0.3) is 5.91 Å². The standard InChI is InChI=1S/C26H29F2N3O4S/c1-31-24-9-3-17(27)15-22(24)25(30-31)21-8-2-16(14-23(21)28)26(32)29-18-4-6-19(7-5-18)35-20-10-12-36(33,34)13-11-20/h2-3,8-9,14-15,18-20H,4-7,10-13H2,1H3,(H,29,32). The van der Waals surface area contributed by atoms with Crippen LogP contribution in [0.4, 0.5) is 8.78 Å². The van der Waals surface area contributed by atoms with Crippen LogP contribution in [0, 0.1) is 11.6 Å². The van der Waals surface area contributed by atoms with Crippen molar-refractivity contribution >= 4 is 26.6 Å². The van der Waals surface area contributed by atoms with Crippen molar-refractivity contribution in [1.29, 1.82) is 0 Å². The van der Waals surface area contributed by atoms with Gasteiger partial charge in [-0.1, -0.05) is 0 Å². The van der Waals surface area contributed by atoms with Gasteiger partial charge in [-0.15, -0.1) is 0 Å². The maximum Gasteiger partial charge on any atom is 0.251 e. The summed E-state index contributed by atoms with van der Waals surface area (Å²) < 4.78 is 59.7. The molecule has 10 heteroatoms. The van der Waals surface area contributed by atoms with Gasteiger partial charge in [-0.25, -0.2) is 17.2 Å². The molecule has 0 unspecified atom stereocenters. The zero-order valence-corrected chi connectivity index (χ0v) is 20.9. The van der Waals surface area contributed by atoms with Gasteiger partial charge in [0.1, 0.15) is 17.3 Å². The summed E-state index contributed by atoms with van der Waals surface area (Å²) in [5, 5.41) is 7.84. The van der Waals surface area contributed by atoms with E-state index >= 15 is 4.39 Å². The Morgan fingerprint density at radius 3 is 2.39 bits per heavy atom. The summed E-state index contributed by atoms with van der Waals surface area (Å²) in [5.74, 6) is -1.00. The third kappa shape index (κ3) is 5.29. The first-order valence-corrected chi connectivity index (χ1v) is 14.1. The Labute approximate surface area is 208 Å². The summed E-state index contributed by atoms with van der Waals surface area (Å²) in [7, 11) is -1.20. The maximum atomic E-state index is 15.1. The molecule has 0 atom stereocenters. The number of carbonyl (C=O) groups is 1. The van der Waals surface area contributed by atoms with Crippen LogP contribution in [-0.4, -0.2) is 53.9 Å². The van der Waals surface area contributed by atoms with Crippen LogP contribution in [0.5, 0.6) is 0 Å². The summed E-state index contributed by atoms with van der Waals surface area (Å²) in [6, 6.07) is 8.48. The van der Waals surface area contributed by atoms with Crippen LogP contribution < -0.4 is 5.32 Å². The number of amides is 1. The molecule has 1 aliphatic carbocycles. The normalized spacial score (nSPS) is 22.5. The Hall–Kier alpha value is -2.85. The maximum absolute atomic E-state index is 15.1. The average molecular weight is 518 g/mol. The van der Waals surface area contributed by atoms with Crippen LogP contribution in [-0.2, 0) is 21.6 Å². The molecule has 192 valence electrons. The number of aromatic nitrogens is 2. The lowest BCUT2D eigenvalue weighted by Gasteiger charge is -2.33. The van der Waals surface area contributed by atoms with Gasteiger partial charge >= 0.3 is 0 Å². The summed E-state index contributed by atoms with van der Waals surface area (Å²) in [6.07, 6.45) is 4.20. The summed E-state index contributed by atoms with van der Waals surface area (Å²) in [5.41, 5.74) is 1.42. The van der Waals surface area contributed by atoms with E-state index in [1.807, 2.05) is 0 Å². The number of halogens is 2. The van der Waals surface area contributed by atoms with Crippen molar-refractivity contribution in [3.63, 3.8) is 0 Å². The molecule has 3 aromatic rings. The Bertz CT molecular complexity index is 1380. The molecule has 0 spiro atoms. The monoisotopic (exact) mass is 517 g/mol. The van der Waals surface area contributed by atoms with Crippen LogP contribution in [0.15, 0.2) is 36.4 Å². The molecule has 1 saturated heterocycles. The number of hydrogen-bond acceptors (Lipinski definition) is 5. The van der Waals surface area contributed by atoms with E-state index in [0.29, 0.717) is 29.4 Å². The first-order chi connectivity index (χ1) is 17.2. The molecule has 0 bridgehead atoms. The molecular formula is C26H29F2N3O4S. The number of carbonyl (C=O) groups excluding carboxylic acids is 1. The number of ether oxygens (including phenoxy) is 1. The van der Waals surface area contributed by atoms with Crippen molar-refractivity contribution in [1.82, 2.24) is 15.1 Å². The average Bonchev–Trinajstić information content (AvgIpc) is 3.16. The van der Waals surface area contributed by atoms with Gasteiger partial charge in [-0.2, -0.15) is 5.10 Å². The fourth-order valence-electron chi connectivity index (χ4n) is 5.17. The second-order valence-corrected chi connectivity index (χ2v) is 12.1. The van der Waals surface area contributed by atoms with Crippen molar-refractivity contribution in [3.8, 4) is 11.3 Å². The number of nitrogens with one attached hydrogen (secondary N) is 1. The largest absolute Gasteiger partial charge is 0.375 e. The number of benzene rings is 2. The van der Waals surface area contributed by atoms with Crippen molar-refractivity contribution < 1.29 is 26.7 Å². The smallest absolute Gasteiger partial charge is 0.251 e. The van der Waals surface area contributed by atoms with Gasteiger partial charge in [-0.05, 0) is 74.9 Å². The van der Waals surface area contributed by atoms with Gasteiger partial charge in [-0.3, -0.25) is 9.48 Å². The molecule has 5 rings (SSSR count). The summed E-state index contributed by atoms with van der Waals surface area (Å²) in [6.45, 7) is 0. The van der Waals surface area contributed by atoms with Crippen LogP contribution in [0.3, 0.4) is 0 Å². The number of nitrogens with zero attached hydrogens (tertiary/aromatic N) is 2. The van der Waals surface area contributed by atoms with Crippen LogP contribution in [0.1, 0.15) is 48.9 Å². The zero-order valence-electron chi connectivity index (χ0n) is 20.0. The highest BCUT2D eigenvalue weighted by Crippen LogP contribution is 2.31. The number of hydrogen-bond donors (Lipinski definition) is 1. The van der Waals surface area contributed by atoms with E-state index in [2.05, 4.69) is 10.4 Å². The third-order valence-electron chi connectivity index (χ3n) is 7.19. The lowest BCUT2D eigenvalue weighted by atomic mass is 9.92. The van der Waals surface area contributed by atoms with Crippen LogP contribution in [0.2, 0.25) is 0 Å². The fourth-order valence-corrected chi connectivity index (χ4v) is 6.62. The van der Waals surface area contributed by atoms with E-state index in [1.165, 1.54) is 24.3 Å². The van der Waals surface area contributed by atoms with Crippen molar-refractivity contribution in [2.45, 2.75) is 56.8 Å². The number of sulfone groups is 1. The van der Waals surface area contributed by atoms with E-state index in [0.717, 1.165) is 25.7 Å². The first-order valence-electron chi connectivity index (χ1n) is 12.3. The molecule has 7 nitrogen and oxygen atoms in total. The molecule has 0 radical (unpaired) electrons. The minimum Gasteiger partial charge on any atom is -0.375 e. The Morgan fingerprint density at radius 2 is 1.69 bits per heavy atom. The Morgan fingerprint density at radius 1 is 1.00 bits per heavy atom. The summed E-state index contributed by atoms with van der Waals surface area (Å²) in [4.78, 5) is 12.8. The minimum absolute atomic E-state index is 0.0149. The predicted molar refractivity (Wildman–Crippen MR) is 132 cm³/mol. The molecule has 1 aromatic heterocycles. The van der Waals surface area contributed by atoms with E-state index < -0.39 is 21.5 Å². The highest BCUT2D eigenvalue weighted by molar-refractivity contribution is 7.91. The number of rotatable bonds is 5. The van der Waals surface area contributed by atoms with Gasteiger partial charge in [0.2, 0.25) is 0 Å². The highest BCUT2D eigenvalue weighted by Gasteiger charge is 2.29. The summed E-state index contributed by atoms with van der Waals surface area (Å²) >= 11 is 0. The number of aryl methyl sites for hydroxylation is 1. The SMILES string of the molecule is Cn1nc(-c2ccc(C(=O)NC3CCC(OC4CCS(=O)(=O)CC4)CC3)cc2F)c2cc(F)ccc21. The molecule has 1 amide bonds. The Kier molecular flexibility index (Phi) is 6.82. The second kappa shape index (κ2) is 9.89. The molecule has 1 saturated carbocycles. The Balaban J connectivity index is 1.19. The van der Waals surface area contributed by atoms with Gasteiger partial charge in [0.05, 0.1) is 29.2 Å². The molecule has 2 fully saturated rings. The molecule has 1 aliphatic heterocycles. The van der Waals surface area contributed by atoms with Gasteiger partial charge < -0.3 is 10.1 Å². The van der Waals surface area contributed by atoms with Crippen molar-refractivity contribution in [2.24, 2.45) is 7.05 Å². The molecular weight excluding hydrogens is 488 g/mol. The molecule has 2 aromatic carbocycles. The van der Waals surface area contributed by atoms with Crippen LogP contribution in [0.25, 0.3) is 22.2 Å². The highest BCUT2D eigenvalue weighted by atomic mass is 32.2. The van der Waals surface area contributed by atoms with Gasteiger partial charge in [0, 0.05) is 29.6 Å². The number of fused-ring (bicyclic) bond motifs is 1. The second-order valence-electron chi connectivity index (χ2n) is 9.76. The minimum atomic E-state index is -2.91. The van der Waals surface area contributed by atoms with Gasteiger partial charge in [0.15, 0.2) is 9.84 Å². The van der Waals surface area contributed by atoms with Crippen molar-refractivity contribution in [3.05, 3.63) is 53.6 Å². The molecule has 2 aliphatic rings. The first kappa shape index (κ1) is 24.8. The van der Waals surface area contributed by atoms with Crippen molar-refractivity contribution in [2.75, 3.05) is 11.5 Å². The lowest BCUT2D eigenvalue weighted by Crippen LogP contribution is -2.40. The quantitative estimate of drug-likeness (QED) is 0.549. The van der Waals surface area contributed by atoms with E-state index in [9.17, 15) is 17.6 Å².